The zero-order valence-corrected chi connectivity index (χ0v) is 8.26. The Morgan fingerprint density at radius 2 is 2.29 bits per heavy atom. The molecule has 0 unspecified atom stereocenters. The molecular weight excluding hydrogens is 179 g/mol. The molecule has 0 atom stereocenters. The summed E-state index contributed by atoms with van der Waals surface area (Å²) in [5.74, 6) is -0.360. The quantitative estimate of drug-likeness (QED) is 0.568. The van der Waals surface area contributed by atoms with Gasteiger partial charge in [0.15, 0.2) is 0 Å². The Morgan fingerprint density at radius 1 is 1.50 bits per heavy atom. The van der Waals surface area contributed by atoms with Gasteiger partial charge in [-0.05, 0) is 26.1 Å². The van der Waals surface area contributed by atoms with Crippen molar-refractivity contribution in [3.8, 4) is 0 Å². The van der Waals surface area contributed by atoms with Gasteiger partial charge in [0.25, 0.3) is 0 Å². The second-order valence-corrected chi connectivity index (χ2v) is 3.04. The highest BCUT2D eigenvalue weighted by atomic mass is 19.1. The summed E-state index contributed by atoms with van der Waals surface area (Å²) in [7, 11) is 1.89. The summed E-state index contributed by atoms with van der Waals surface area (Å²) in [6.45, 7) is 0.908. The van der Waals surface area contributed by atoms with Gasteiger partial charge in [-0.25, -0.2) is 4.39 Å². The summed E-state index contributed by atoms with van der Waals surface area (Å²) >= 11 is 0. The van der Waals surface area contributed by atoms with E-state index >= 15 is 0 Å². The summed E-state index contributed by atoms with van der Waals surface area (Å²) in [6, 6.07) is 4.82. The van der Waals surface area contributed by atoms with Crippen molar-refractivity contribution in [2.45, 2.75) is 6.42 Å². The first kappa shape index (κ1) is 10.7. The fraction of sp³-hybridized carbons (Fsp3) is 0.273. The Bertz CT molecular complexity index is 321. The van der Waals surface area contributed by atoms with Crippen molar-refractivity contribution in [1.82, 2.24) is 5.32 Å². The van der Waals surface area contributed by atoms with Crippen LogP contribution in [0.2, 0.25) is 0 Å². The lowest BCUT2D eigenvalue weighted by Gasteiger charge is -2.00. The Hall–Kier alpha value is -1.35. The van der Waals surface area contributed by atoms with Crippen LogP contribution in [0.25, 0.3) is 6.08 Å². The van der Waals surface area contributed by atoms with Gasteiger partial charge in [-0.1, -0.05) is 24.3 Å². The van der Waals surface area contributed by atoms with E-state index in [1.165, 1.54) is 6.07 Å². The number of para-hydroxylation sites is 1. The van der Waals surface area contributed by atoms with Crippen molar-refractivity contribution in [1.29, 1.82) is 0 Å². The third kappa shape index (κ3) is 2.85. The van der Waals surface area contributed by atoms with E-state index in [4.69, 9.17) is 5.73 Å². The summed E-state index contributed by atoms with van der Waals surface area (Å²) in [4.78, 5) is 0. The molecule has 0 fully saturated rings. The van der Waals surface area contributed by atoms with Crippen molar-refractivity contribution in [3.63, 3.8) is 0 Å². The maximum absolute atomic E-state index is 13.0. The lowest BCUT2D eigenvalue weighted by molar-refractivity contribution is 0.632. The standard InChI is InChI=1S/C11H15FN2/c1-14-8-3-2-5-9-6-4-7-10(12)11(9)13/h2,4-7,14H,3,8,13H2,1H3. The summed E-state index contributed by atoms with van der Waals surface area (Å²) in [5.41, 5.74) is 6.51. The minimum absolute atomic E-state index is 0.216. The van der Waals surface area contributed by atoms with Gasteiger partial charge >= 0.3 is 0 Å². The molecule has 0 aliphatic rings. The molecule has 1 aromatic rings. The first-order valence-electron chi connectivity index (χ1n) is 4.61. The van der Waals surface area contributed by atoms with E-state index in [9.17, 15) is 4.39 Å². The highest BCUT2D eigenvalue weighted by molar-refractivity contribution is 5.64. The molecule has 0 bridgehead atoms. The van der Waals surface area contributed by atoms with Gasteiger partial charge in [0.1, 0.15) is 5.82 Å². The molecule has 1 aromatic carbocycles. The number of nitrogen functional groups attached to an aromatic ring is 1. The van der Waals surface area contributed by atoms with Crippen molar-refractivity contribution < 1.29 is 4.39 Å². The van der Waals surface area contributed by atoms with Crippen LogP contribution in [-0.2, 0) is 0 Å². The van der Waals surface area contributed by atoms with Gasteiger partial charge in [-0.3, -0.25) is 0 Å². The van der Waals surface area contributed by atoms with Gasteiger partial charge in [0.05, 0.1) is 5.69 Å². The van der Waals surface area contributed by atoms with E-state index in [0.717, 1.165) is 18.5 Å². The maximum Gasteiger partial charge on any atom is 0.146 e. The third-order valence-electron chi connectivity index (χ3n) is 1.95. The van der Waals surface area contributed by atoms with Gasteiger partial charge in [-0.15, -0.1) is 0 Å². The van der Waals surface area contributed by atoms with Crippen LogP contribution < -0.4 is 11.1 Å². The molecule has 76 valence electrons. The normalized spacial score (nSPS) is 11.0. The van der Waals surface area contributed by atoms with E-state index < -0.39 is 0 Å². The van der Waals surface area contributed by atoms with Crippen molar-refractivity contribution in [3.05, 3.63) is 35.7 Å². The molecule has 2 nitrogen and oxygen atoms in total. The van der Waals surface area contributed by atoms with Crippen LogP contribution >= 0.6 is 0 Å². The molecule has 3 heteroatoms. The van der Waals surface area contributed by atoms with Crippen LogP contribution in [0.1, 0.15) is 12.0 Å². The fourth-order valence-corrected chi connectivity index (χ4v) is 1.14. The summed E-state index contributed by atoms with van der Waals surface area (Å²) < 4.78 is 13.0. The Kier molecular flexibility index (Phi) is 4.13. The van der Waals surface area contributed by atoms with E-state index in [1.54, 1.807) is 12.1 Å². The molecule has 3 N–H and O–H groups in total. The maximum atomic E-state index is 13.0. The topological polar surface area (TPSA) is 38.0 Å². The third-order valence-corrected chi connectivity index (χ3v) is 1.95. The van der Waals surface area contributed by atoms with Crippen LogP contribution in [-0.4, -0.2) is 13.6 Å². The molecule has 0 spiro atoms. The predicted octanol–water partition coefficient (Wildman–Crippen LogP) is 2.03. The second-order valence-electron chi connectivity index (χ2n) is 3.04. The SMILES string of the molecule is CNCCC=Cc1cccc(F)c1N. The van der Waals surface area contributed by atoms with Gasteiger partial charge in [0.2, 0.25) is 0 Å². The molecule has 14 heavy (non-hydrogen) atoms. The number of hydrogen-bond donors (Lipinski definition) is 2. The molecule has 0 saturated heterocycles. The first-order valence-corrected chi connectivity index (χ1v) is 4.61. The summed E-state index contributed by atoms with van der Waals surface area (Å²) in [6.07, 6.45) is 4.73. The average Bonchev–Trinajstić information content (AvgIpc) is 2.19. The predicted molar refractivity (Wildman–Crippen MR) is 58.4 cm³/mol. The lowest BCUT2D eigenvalue weighted by atomic mass is 10.1. The molecule has 1 rings (SSSR count). The summed E-state index contributed by atoms with van der Waals surface area (Å²) in [5, 5.41) is 3.02. The minimum atomic E-state index is -0.360. The van der Waals surface area contributed by atoms with Gasteiger partial charge in [0, 0.05) is 5.56 Å². The second kappa shape index (κ2) is 5.40. The Morgan fingerprint density at radius 3 is 3.00 bits per heavy atom. The van der Waals surface area contributed by atoms with Crippen molar-refractivity contribution in [2.24, 2.45) is 0 Å². The number of benzene rings is 1. The Balaban J connectivity index is 2.67. The van der Waals surface area contributed by atoms with E-state index in [0.29, 0.717) is 0 Å². The molecule has 0 amide bonds. The number of nitrogens with two attached hydrogens (primary N) is 1. The fourth-order valence-electron chi connectivity index (χ4n) is 1.14. The number of rotatable bonds is 4. The minimum Gasteiger partial charge on any atom is -0.396 e. The molecule has 0 radical (unpaired) electrons. The molecule has 0 aliphatic carbocycles. The molecule has 0 heterocycles. The Labute approximate surface area is 83.6 Å². The van der Waals surface area contributed by atoms with E-state index in [1.807, 2.05) is 19.2 Å². The van der Waals surface area contributed by atoms with Crippen LogP contribution in [0.4, 0.5) is 10.1 Å². The van der Waals surface area contributed by atoms with Crippen molar-refractivity contribution >= 4 is 11.8 Å². The van der Waals surface area contributed by atoms with Crippen LogP contribution in [0.15, 0.2) is 24.3 Å². The van der Waals surface area contributed by atoms with Crippen LogP contribution in [0.3, 0.4) is 0 Å². The molecule has 0 saturated carbocycles. The van der Waals surface area contributed by atoms with Gasteiger partial charge < -0.3 is 11.1 Å². The number of anilines is 1. The number of nitrogens with one attached hydrogen (secondary N) is 1. The lowest BCUT2D eigenvalue weighted by Crippen LogP contribution is -2.05. The monoisotopic (exact) mass is 194 g/mol. The largest absolute Gasteiger partial charge is 0.396 e. The average molecular weight is 194 g/mol. The first-order chi connectivity index (χ1) is 6.75. The molecule has 0 aromatic heterocycles. The number of halogens is 1. The van der Waals surface area contributed by atoms with Gasteiger partial charge in [-0.2, -0.15) is 0 Å². The zero-order valence-electron chi connectivity index (χ0n) is 8.26. The highest BCUT2D eigenvalue weighted by Crippen LogP contribution is 2.17. The van der Waals surface area contributed by atoms with E-state index in [2.05, 4.69) is 5.32 Å². The smallest absolute Gasteiger partial charge is 0.146 e. The molecular formula is C11H15FN2. The molecule has 0 aliphatic heterocycles. The highest BCUT2D eigenvalue weighted by Gasteiger charge is 1.99. The van der Waals surface area contributed by atoms with E-state index in [-0.39, 0.29) is 11.5 Å². The zero-order chi connectivity index (χ0) is 10.4. The van der Waals surface area contributed by atoms with Crippen LogP contribution in [0.5, 0.6) is 0 Å². The van der Waals surface area contributed by atoms with Crippen LogP contribution in [0, 0.1) is 5.82 Å². The van der Waals surface area contributed by atoms with Crippen molar-refractivity contribution in [2.75, 3.05) is 19.3 Å². The number of hydrogen-bond acceptors (Lipinski definition) is 2.